The number of hydrogen-bond acceptors (Lipinski definition) is 5. The van der Waals surface area contributed by atoms with Crippen molar-refractivity contribution in [3.05, 3.63) is 53.6 Å². The van der Waals surface area contributed by atoms with E-state index in [-0.39, 0.29) is 12.2 Å². The molecule has 0 amide bonds. The maximum atomic E-state index is 12.1. The first kappa shape index (κ1) is 23.6. The molecular formula is C20H21F3O4S. The Balaban J connectivity index is 0.000000406. The molecule has 0 fully saturated rings. The number of aldehydes is 2. The van der Waals surface area contributed by atoms with Gasteiger partial charge in [-0.1, -0.05) is 30.3 Å². The van der Waals surface area contributed by atoms with E-state index >= 15 is 0 Å². The van der Waals surface area contributed by atoms with Crippen molar-refractivity contribution < 1.29 is 32.2 Å². The highest BCUT2D eigenvalue weighted by atomic mass is 32.2. The van der Waals surface area contributed by atoms with Crippen molar-refractivity contribution in [3.8, 4) is 11.5 Å². The van der Waals surface area contributed by atoms with E-state index in [0.717, 1.165) is 11.8 Å². The van der Waals surface area contributed by atoms with Crippen molar-refractivity contribution >= 4 is 24.3 Å². The second kappa shape index (κ2) is 12.1. The Kier molecular flexibility index (Phi) is 10.2. The predicted octanol–water partition coefficient (Wildman–Crippen LogP) is 5.45. The molecule has 0 saturated carbocycles. The summed E-state index contributed by atoms with van der Waals surface area (Å²) in [6, 6.07) is 12.2. The quantitative estimate of drug-likeness (QED) is 0.327. The van der Waals surface area contributed by atoms with Crippen LogP contribution in [0.25, 0.3) is 0 Å². The average molecular weight is 414 g/mol. The zero-order chi connectivity index (χ0) is 21.0. The van der Waals surface area contributed by atoms with Gasteiger partial charge in [0.25, 0.3) is 0 Å². The summed E-state index contributed by atoms with van der Waals surface area (Å²) in [6.45, 7) is 0. The molecule has 8 heteroatoms. The predicted molar refractivity (Wildman–Crippen MR) is 103 cm³/mol. The second-order valence-electron chi connectivity index (χ2n) is 5.47. The van der Waals surface area contributed by atoms with Gasteiger partial charge in [-0.25, -0.2) is 0 Å². The van der Waals surface area contributed by atoms with Crippen LogP contribution in [0.2, 0.25) is 0 Å². The molecule has 0 aliphatic rings. The normalized spacial score (nSPS) is 10.5. The van der Waals surface area contributed by atoms with Gasteiger partial charge in [0, 0.05) is 17.5 Å². The van der Waals surface area contributed by atoms with Gasteiger partial charge >= 0.3 is 6.18 Å². The van der Waals surface area contributed by atoms with Gasteiger partial charge in [0.2, 0.25) is 0 Å². The van der Waals surface area contributed by atoms with Gasteiger partial charge in [0.1, 0.15) is 24.1 Å². The molecule has 0 heterocycles. The molecule has 2 aromatic carbocycles. The number of hydrogen-bond donors (Lipinski definition) is 0. The van der Waals surface area contributed by atoms with Gasteiger partial charge in [-0.2, -0.15) is 13.2 Å². The van der Waals surface area contributed by atoms with E-state index in [4.69, 9.17) is 9.47 Å². The van der Waals surface area contributed by atoms with E-state index in [2.05, 4.69) is 0 Å². The number of benzene rings is 2. The van der Waals surface area contributed by atoms with Crippen LogP contribution in [0.5, 0.6) is 11.5 Å². The minimum absolute atomic E-state index is 0.00983. The molecule has 0 N–H and O–H groups in total. The van der Waals surface area contributed by atoms with Crippen molar-refractivity contribution in [1.29, 1.82) is 0 Å². The zero-order valence-corrected chi connectivity index (χ0v) is 16.3. The van der Waals surface area contributed by atoms with Crippen LogP contribution in [0.4, 0.5) is 13.2 Å². The minimum Gasteiger partial charge on any atom is -0.495 e. The lowest BCUT2D eigenvalue weighted by Gasteiger charge is -2.13. The third kappa shape index (κ3) is 8.47. The van der Waals surface area contributed by atoms with Gasteiger partial charge < -0.3 is 9.47 Å². The fourth-order valence-corrected chi connectivity index (χ4v) is 3.15. The number of thioether (sulfide) groups is 1. The van der Waals surface area contributed by atoms with E-state index in [0.29, 0.717) is 28.2 Å². The molecule has 152 valence electrons. The number of alkyl halides is 3. The van der Waals surface area contributed by atoms with Crippen LogP contribution in [-0.4, -0.2) is 38.7 Å². The van der Waals surface area contributed by atoms with E-state index in [1.807, 2.05) is 18.2 Å². The number of rotatable bonds is 8. The molecule has 0 aromatic heterocycles. The Morgan fingerprint density at radius 2 is 1.46 bits per heavy atom. The highest BCUT2D eigenvalue weighted by Gasteiger charge is 2.26. The number of methoxy groups -OCH3 is 2. The van der Waals surface area contributed by atoms with Gasteiger partial charge in [0.05, 0.1) is 19.1 Å². The van der Waals surface area contributed by atoms with Crippen molar-refractivity contribution in [2.45, 2.75) is 23.9 Å². The highest BCUT2D eigenvalue weighted by Crippen LogP contribution is 2.39. The van der Waals surface area contributed by atoms with Crippen LogP contribution in [0.1, 0.15) is 33.6 Å². The second-order valence-corrected chi connectivity index (χ2v) is 6.57. The molecule has 0 bridgehead atoms. The summed E-state index contributed by atoms with van der Waals surface area (Å²) >= 11 is 1.22. The third-order valence-corrected chi connectivity index (χ3v) is 4.59. The van der Waals surface area contributed by atoms with Crippen LogP contribution in [0.3, 0.4) is 0 Å². The van der Waals surface area contributed by atoms with Crippen molar-refractivity contribution in [2.24, 2.45) is 0 Å². The van der Waals surface area contributed by atoms with Crippen LogP contribution in [-0.2, 0) is 0 Å². The Morgan fingerprint density at radius 3 is 1.86 bits per heavy atom. The first-order valence-electron chi connectivity index (χ1n) is 8.25. The van der Waals surface area contributed by atoms with E-state index < -0.39 is 12.6 Å². The zero-order valence-electron chi connectivity index (χ0n) is 15.5. The lowest BCUT2D eigenvalue weighted by molar-refractivity contribution is -0.134. The Morgan fingerprint density at radius 1 is 0.929 bits per heavy atom. The first-order valence-corrected chi connectivity index (χ1v) is 9.24. The summed E-state index contributed by atoms with van der Waals surface area (Å²) in [5.74, 6) is 1.12. The minimum atomic E-state index is -4.14. The maximum Gasteiger partial charge on any atom is 0.389 e. The number of carbonyl (C=O) groups is 2. The number of carbonyl (C=O) groups excluding carboxylic acids is 2. The SMILES string of the molecule is COc1cc(C=O)cc(OC)c1SCCCC(F)(F)F.O=Cc1ccccc1. The number of halogens is 3. The monoisotopic (exact) mass is 414 g/mol. The first-order chi connectivity index (χ1) is 13.3. The molecule has 0 spiro atoms. The molecule has 0 atom stereocenters. The lowest BCUT2D eigenvalue weighted by atomic mass is 10.2. The van der Waals surface area contributed by atoms with Crippen molar-refractivity contribution in [1.82, 2.24) is 0 Å². The average Bonchev–Trinajstić information content (AvgIpc) is 2.71. The Bertz CT molecular complexity index is 724. The molecular weight excluding hydrogens is 393 g/mol. The van der Waals surface area contributed by atoms with Crippen LogP contribution < -0.4 is 9.47 Å². The van der Waals surface area contributed by atoms with Gasteiger partial charge in [-0.15, -0.1) is 11.8 Å². The van der Waals surface area contributed by atoms with Crippen molar-refractivity contribution in [3.63, 3.8) is 0 Å². The molecule has 2 rings (SSSR count). The van der Waals surface area contributed by atoms with Crippen LogP contribution >= 0.6 is 11.8 Å². The van der Waals surface area contributed by atoms with Crippen molar-refractivity contribution in [2.75, 3.05) is 20.0 Å². The molecule has 0 unspecified atom stereocenters. The molecule has 28 heavy (non-hydrogen) atoms. The fraction of sp³-hybridized carbons (Fsp3) is 0.300. The molecule has 2 aromatic rings. The van der Waals surface area contributed by atoms with Crippen LogP contribution in [0.15, 0.2) is 47.4 Å². The molecule has 0 saturated heterocycles. The van der Waals surface area contributed by atoms with Gasteiger partial charge in [-0.3, -0.25) is 9.59 Å². The summed E-state index contributed by atoms with van der Waals surface area (Å²) in [5.41, 5.74) is 1.12. The largest absolute Gasteiger partial charge is 0.495 e. The lowest BCUT2D eigenvalue weighted by Crippen LogP contribution is -2.07. The Hall–Kier alpha value is -2.48. The van der Waals surface area contributed by atoms with E-state index in [9.17, 15) is 22.8 Å². The third-order valence-electron chi connectivity index (χ3n) is 3.41. The van der Waals surface area contributed by atoms with E-state index in [1.54, 1.807) is 12.1 Å². The van der Waals surface area contributed by atoms with E-state index in [1.165, 1.54) is 38.1 Å². The number of ether oxygens (including phenoxy) is 2. The summed E-state index contributed by atoms with van der Waals surface area (Å²) in [6.07, 6.45) is -3.47. The Labute approximate surface area is 166 Å². The summed E-state index contributed by atoms with van der Waals surface area (Å²) < 4.78 is 46.5. The molecule has 4 nitrogen and oxygen atoms in total. The summed E-state index contributed by atoms with van der Waals surface area (Å²) in [4.78, 5) is 21.4. The molecule has 0 aliphatic carbocycles. The standard InChI is InChI=1S/C13H15F3O3S.C7H6O/c1-18-10-6-9(8-17)7-11(19-2)12(10)20-5-3-4-13(14,15)16;8-6-7-4-2-1-3-5-7/h6-8H,3-5H2,1-2H3;1-6H. The smallest absolute Gasteiger partial charge is 0.389 e. The molecule has 0 aliphatic heterocycles. The topological polar surface area (TPSA) is 52.6 Å². The van der Waals surface area contributed by atoms with Crippen LogP contribution in [0, 0.1) is 0 Å². The maximum absolute atomic E-state index is 12.1. The molecule has 0 radical (unpaired) electrons. The summed E-state index contributed by atoms with van der Waals surface area (Å²) in [5, 5.41) is 0. The van der Waals surface area contributed by atoms with Gasteiger partial charge in [-0.05, 0) is 24.3 Å². The van der Waals surface area contributed by atoms with Gasteiger partial charge in [0.15, 0.2) is 0 Å². The fourth-order valence-electron chi connectivity index (χ4n) is 2.09. The summed E-state index contributed by atoms with van der Waals surface area (Å²) in [7, 11) is 2.87. The highest BCUT2D eigenvalue weighted by molar-refractivity contribution is 7.99.